The summed E-state index contributed by atoms with van der Waals surface area (Å²) in [6.07, 6.45) is 0. The molecule has 0 amide bonds. The molecule has 3 aromatic rings. The molecule has 0 aliphatic carbocycles. The first-order valence-electron chi connectivity index (χ1n) is 5.64. The Labute approximate surface area is 120 Å². The van der Waals surface area contributed by atoms with Crippen molar-refractivity contribution in [2.75, 3.05) is 0 Å². The van der Waals surface area contributed by atoms with Crippen LogP contribution in [0.5, 0.6) is 0 Å². The van der Waals surface area contributed by atoms with Crippen LogP contribution in [0.25, 0.3) is 0 Å². The van der Waals surface area contributed by atoms with Gasteiger partial charge in [-0.05, 0) is 15.9 Å². The van der Waals surface area contributed by atoms with E-state index in [2.05, 4.69) is 59.3 Å². The number of hydrogen-bond acceptors (Lipinski definition) is 2. The Hall–Kier alpha value is -0.873. The Morgan fingerprint density at radius 2 is 1.28 bits per heavy atom. The normalized spacial score (nSPS) is 11.6. The van der Waals surface area contributed by atoms with Crippen molar-refractivity contribution in [2.24, 2.45) is 0 Å². The van der Waals surface area contributed by atoms with Gasteiger partial charge in [0.25, 0.3) is 7.38 Å². The third-order valence-electron chi connectivity index (χ3n) is 2.89. The Bertz CT molecular complexity index is 568. The minimum Gasteiger partial charge on any atom is -0.151 e. The molecule has 0 nitrogen and oxygen atoms in total. The van der Waals surface area contributed by atoms with Gasteiger partial charge in [-0.1, -0.05) is 54.6 Å². The number of rotatable bonds is 3. The molecule has 90 valence electrons. The average Bonchev–Trinajstić information content (AvgIpc) is 3.12. The largest absolute Gasteiger partial charge is 0.267 e. The van der Waals surface area contributed by atoms with Gasteiger partial charge in [-0.2, -0.15) is 22.7 Å². The van der Waals surface area contributed by atoms with Crippen LogP contribution in [0, 0.1) is 0 Å². The van der Waals surface area contributed by atoms with E-state index >= 15 is 0 Å². The van der Waals surface area contributed by atoms with Crippen molar-refractivity contribution in [3.63, 3.8) is 0 Å². The van der Waals surface area contributed by atoms with E-state index in [0.29, 0.717) is 0 Å². The number of thiophene rings is 2. The van der Waals surface area contributed by atoms with E-state index in [4.69, 9.17) is 11.1 Å². The molecular formula is C14H11ClS2Si. The SMILES string of the molecule is Cl[Si](c1ccccc1)(c1cccs1)c1cccs1. The van der Waals surface area contributed by atoms with Gasteiger partial charge in [-0.25, -0.2) is 0 Å². The fourth-order valence-corrected chi connectivity index (χ4v) is 9.89. The second-order valence-electron chi connectivity index (χ2n) is 3.98. The molecule has 2 aromatic heterocycles. The molecule has 0 bridgehead atoms. The van der Waals surface area contributed by atoms with Gasteiger partial charge in [-0.15, -0.1) is 11.1 Å². The molecule has 1 aromatic carbocycles. The third kappa shape index (κ3) is 1.97. The lowest BCUT2D eigenvalue weighted by Gasteiger charge is -2.22. The predicted molar refractivity (Wildman–Crippen MR) is 85.6 cm³/mol. The van der Waals surface area contributed by atoms with Crippen LogP contribution in [0.1, 0.15) is 0 Å². The highest BCUT2D eigenvalue weighted by molar-refractivity contribution is 7.54. The summed E-state index contributed by atoms with van der Waals surface area (Å²) in [5, 5.41) is 5.48. The second kappa shape index (κ2) is 5.01. The van der Waals surface area contributed by atoms with Gasteiger partial charge in [0.15, 0.2) is 0 Å². The lowest BCUT2D eigenvalue weighted by molar-refractivity contribution is 1.76. The fraction of sp³-hybridized carbons (Fsp3) is 0. The summed E-state index contributed by atoms with van der Waals surface area (Å²) in [4.78, 5) is 0. The lowest BCUT2D eigenvalue weighted by Crippen LogP contribution is -2.60. The van der Waals surface area contributed by atoms with Crippen molar-refractivity contribution in [3.05, 3.63) is 65.4 Å². The maximum absolute atomic E-state index is 7.16. The Kier molecular flexibility index (Phi) is 3.39. The van der Waals surface area contributed by atoms with Gasteiger partial charge in [0.2, 0.25) is 0 Å². The van der Waals surface area contributed by atoms with Gasteiger partial charge in [0.1, 0.15) is 0 Å². The van der Waals surface area contributed by atoms with E-state index in [1.54, 1.807) is 22.7 Å². The van der Waals surface area contributed by atoms with Crippen LogP contribution in [0.3, 0.4) is 0 Å². The maximum atomic E-state index is 7.16. The molecule has 18 heavy (non-hydrogen) atoms. The molecule has 0 saturated carbocycles. The summed E-state index contributed by atoms with van der Waals surface area (Å²) in [6.45, 7) is 0. The molecule has 2 heterocycles. The van der Waals surface area contributed by atoms with Gasteiger partial charge >= 0.3 is 0 Å². The Morgan fingerprint density at radius 3 is 1.72 bits per heavy atom. The second-order valence-corrected chi connectivity index (χ2v) is 11.3. The molecule has 0 radical (unpaired) electrons. The smallest absolute Gasteiger partial charge is 0.151 e. The number of benzene rings is 1. The number of halogens is 1. The van der Waals surface area contributed by atoms with Gasteiger partial charge < -0.3 is 0 Å². The maximum Gasteiger partial charge on any atom is 0.267 e. The molecule has 3 rings (SSSR count). The zero-order valence-corrected chi connectivity index (χ0v) is 12.9. The van der Waals surface area contributed by atoms with Crippen molar-refractivity contribution in [2.45, 2.75) is 0 Å². The number of hydrogen-bond donors (Lipinski definition) is 0. The predicted octanol–water partition coefficient (Wildman–Crippen LogP) is 3.02. The molecule has 0 atom stereocenters. The molecule has 0 spiro atoms. The Morgan fingerprint density at radius 1 is 0.722 bits per heavy atom. The summed E-state index contributed by atoms with van der Waals surface area (Å²) in [6, 6.07) is 19.0. The van der Waals surface area contributed by atoms with Crippen LogP contribution in [0.15, 0.2) is 65.4 Å². The molecular weight excluding hydrogens is 296 g/mol. The minimum absolute atomic E-state index is 1.26. The van der Waals surface area contributed by atoms with Crippen molar-refractivity contribution in [1.82, 2.24) is 0 Å². The van der Waals surface area contributed by atoms with Crippen molar-refractivity contribution in [3.8, 4) is 0 Å². The van der Waals surface area contributed by atoms with Crippen LogP contribution in [0.4, 0.5) is 0 Å². The fourth-order valence-electron chi connectivity index (χ4n) is 2.02. The molecule has 0 aliphatic heterocycles. The van der Waals surface area contributed by atoms with Gasteiger partial charge in [0, 0.05) is 9.00 Å². The molecule has 0 N–H and O–H groups in total. The van der Waals surface area contributed by atoms with E-state index in [-0.39, 0.29) is 0 Å². The summed E-state index contributed by atoms with van der Waals surface area (Å²) < 4.78 is 2.61. The van der Waals surface area contributed by atoms with Crippen LogP contribution in [-0.2, 0) is 0 Å². The van der Waals surface area contributed by atoms with Gasteiger partial charge in [0.05, 0.1) is 0 Å². The highest BCUT2D eigenvalue weighted by Crippen LogP contribution is 2.16. The van der Waals surface area contributed by atoms with E-state index in [1.165, 1.54) is 14.2 Å². The minimum atomic E-state index is -2.26. The summed E-state index contributed by atoms with van der Waals surface area (Å²) >= 11 is 10.7. The van der Waals surface area contributed by atoms with Gasteiger partial charge in [-0.3, -0.25) is 0 Å². The quantitative estimate of drug-likeness (QED) is 0.515. The van der Waals surface area contributed by atoms with E-state index in [1.807, 2.05) is 6.07 Å². The van der Waals surface area contributed by atoms with E-state index < -0.39 is 7.38 Å². The van der Waals surface area contributed by atoms with Crippen LogP contribution >= 0.6 is 33.8 Å². The monoisotopic (exact) mass is 306 g/mol. The summed E-state index contributed by atoms with van der Waals surface area (Å²) in [5.74, 6) is 0. The van der Waals surface area contributed by atoms with Crippen LogP contribution < -0.4 is 14.2 Å². The van der Waals surface area contributed by atoms with Crippen LogP contribution in [-0.4, -0.2) is 7.38 Å². The van der Waals surface area contributed by atoms with Crippen molar-refractivity contribution in [1.29, 1.82) is 0 Å². The molecule has 0 saturated heterocycles. The topological polar surface area (TPSA) is 0 Å². The molecule has 0 aliphatic rings. The first kappa shape index (κ1) is 12.2. The Balaban J connectivity index is 2.22. The third-order valence-corrected chi connectivity index (χ3v) is 12.2. The standard InChI is InChI=1S/C14H11ClS2Si/c15-18(13-8-4-10-16-13,14-9-5-11-17-14)12-6-2-1-3-7-12/h1-11H. The first-order chi connectivity index (χ1) is 8.82. The molecule has 0 unspecified atom stereocenters. The van der Waals surface area contributed by atoms with Crippen LogP contribution in [0.2, 0.25) is 0 Å². The first-order valence-corrected chi connectivity index (χ1v) is 10.4. The highest BCUT2D eigenvalue weighted by atomic mass is 35.6. The zero-order chi connectivity index (χ0) is 12.4. The summed E-state index contributed by atoms with van der Waals surface area (Å²) in [5.41, 5.74) is 0. The van der Waals surface area contributed by atoms with E-state index in [0.717, 1.165) is 0 Å². The van der Waals surface area contributed by atoms with E-state index in [9.17, 15) is 0 Å². The zero-order valence-electron chi connectivity index (χ0n) is 9.55. The van der Waals surface area contributed by atoms with Crippen molar-refractivity contribution < 1.29 is 0 Å². The highest BCUT2D eigenvalue weighted by Gasteiger charge is 2.39. The molecule has 4 heteroatoms. The molecule has 0 fully saturated rings. The van der Waals surface area contributed by atoms with Crippen molar-refractivity contribution >= 4 is 55.3 Å². The summed E-state index contributed by atoms with van der Waals surface area (Å²) in [7, 11) is -2.26. The average molecular weight is 307 g/mol. The lowest BCUT2D eigenvalue weighted by atomic mass is 10.4.